The molecule has 3 aromatic rings. The third-order valence-electron chi connectivity index (χ3n) is 3.74. The highest BCUT2D eigenvalue weighted by Crippen LogP contribution is 2.23. The Morgan fingerprint density at radius 2 is 1.72 bits per heavy atom. The summed E-state index contributed by atoms with van der Waals surface area (Å²) in [5, 5.41) is 15.7. The van der Waals surface area contributed by atoms with E-state index in [2.05, 4.69) is 5.32 Å². The second-order valence-corrected chi connectivity index (χ2v) is 5.51. The zero-order chi connectivity index (χ0) is 17.8. The number of nitrogens with one attached hydrogen (secondary N) is 1. The molecule has 6 heteroatoms. The Bertz CT molecular complexity index is 917. The van der Waals surface area contributed by atoms with Crippen molar-refractivity contribution in [1.82, 2.24) is 0 Å². The number of esters is 1. The van der Waals surface area contributed by atoms with Gasteiger partial charge in [0.25, 0.3) is 5.91 Å². The van der Waals surface area contributed by atoms with Crippen LogP contribution in [0.2, 0.25) is 0 Å². The number of anilines is 1. The van der Waals surface area contributed by atoms with Crippen LogP contribution in [0.25, 0.3) is 10.8 Å². The number of carbonyl (C=O) groups is 2. The average Bonchev–Trinajstić information content (AvgIpc) is 2.62. The maximum atomic E-state index is 12.3. The zero-order valence-corrected chi connectivity index (χ0v) is 13.5. The Kier molecular flexibility index (Phi) is 4.61. The van der Waals surface area contributed by atoms with Crippen LogP contribution in [-0.4, -0.2) is 18.0 Å². The van der Waals surface area contributed by atoms with Gasteiger partial charge in [0.15, 0.2) is 18.5 Å². The number of pyridine rings is 1. The van der Waals surface area contributed by atoms with Crippen LogP contribution in [0.15, 0.2) is 67.0 Å². The molecule has 0 bridgehead atoms. The number of ether oxygens (including phenoxy) is 1. The van der Waals surface area contributed by atoms with E-state index in [1.807, 2.05) is 36.4 Å². The largest absolute Gasteiger partial charge is 0.619 e. The fourth-order valence-corrected chi connectivity index (χ4v) is 2.40. The lowest BCUT2D eigenvalue weighted by Gasteiger charge is -2.14. The van der Waals surface area contributed by atoms with Crippen LogP contribution in [0, 0.1) is 5.21 Å². The predicted octanol–water partition coefficient (Wildman–Crippen LogP) is 2.66. The van der Waals surface area contributed by atoms with Crippen molar-refractivity contribution in [3.05, 3.63) is 77.8 Å². The van der Waals surface area contributed by atoms with E-state index in [9.17, 15) is 14.8 Å². The molecule has 126 valence electrons. The molecule has 0 aliphatic heterocycles. The van der Waals surface area contributed by atoms with Crippen molar-refractivity contribution >= 4 is 28.3 Å². The fourth-order valence-electron chi connectivity index (χ4n) is 2.40. The number of hydrogen-bond acceptors (Lipinski definition) is 4. The van der Waals surface area contributed by atoms with Crippen LogP contribution in [0.1, 0.15) is 17.3 Å². The van der Waals surface area contributed by atoms with Crippen molar-refractivity contribution < 1.29 is 19.1 Å². The van der Waals surface area contributed by atoms with E-state index >= 15 is 0 Å². The first-order chi connectivity index (χ1) is 12.0. The van der Waals surface area contributed by atoms with Crippen molar-refractivity contribution in [1.29, 1.82) is 0 Å². The Labute approximate surface area is 144 Å². The van der Waals surface area contributed by atoms with Gasteiger partial charge in [-0.2, -0.15) is 4.73 Å². The summed E-state index contributed by atoms with van der Waals surface area (Å²) in [5.41, 5.74) is 0.856. The molecule has 1 N–H and O–H groups in total. The number of rotatable bonds is 4. The van der Waals surface area contributed by atoms with E-state index in [4.69, 9.17) is 4.74 Å². The van der Waals surface area contributed by atoms with Gasteiger partial charge in [-0.3, -0.25) is 4.79 Å². The van der Waals surface area contributed by atoms with E-state index in [1.54, 1.807) is 6.07 Å². The zero-order valence-electron chi connectivity index (χ0n) is 13.5. The summed E-state index contributed by atoms with van der Waals surface area (Å²) < 4.78 is 5.72. The first kappa shape index (κ1) is 16.4. The van der Waals surface area contributed by atoms with Gasteiger partial charge in [0.1, 0.15) is 0 Å². The highest BCUT2D eigenvalue weighted by molar-refractivity contribution is 6.04. The monoisotopic (exact) mass is 336 g/mol. The van der Waals surface area contributed by atoms with E-state index in [-0.39, 0.29) is 5.56 Å². The van der Waals surface area contributed by atoms with E-state index < -0.39 is 18.0 Å². The summed E-state index contributed by atoms with van der Waals surface area (Å²) in [6.07, 6.45) is 1.40. The van der Waals surface area contributed by atoms with Gasteiger partial charge in [0.05, 0.1) is 5.56 Å². The molecule has 1 aromatic heterocycles. The normalized spacial score (nSPS) is 11.7. The van der Waals surface area contributed by atoms with Crippen LogP contribution in [0.4, 0.5) is 5.69 Å². The maximum absolute atomic E-state index is 12.3. The third-order valence-corrected chi connectivity index (χ3v) is 3.74. The lowest BCUT2D eigenvalue weighted by atomic mass is 10.1. The summed E-state index contributed by atoms with van der Waals surface area (Å²) >= 11 is 0. The SMILES string of the molecule is C[C@@H](OC(=O)c1cc[n+]([O-])cc1)C(=O)Nc1cccc2ccccc12. The molecular formula is C19H16N2O4. The molecule has 1 heterocycles. The van der Waals surface area contributed by atoms with Crippen molar-refractivity contribution in [2.24, 2.45) is 0 Å². The third kappa shape index (κ3) is 3.74. The molecule has 0 saturated carbocycles. The lowest BCUT2D eigenvalue weighted by Crippen LogP contribution is -2.30. The number of carbonyl (C=O) groups excluding carboxylic acids is 2. The Hall–Kier alpha value is -3.41. The second kappa shape index (κ2) is 7.00. The second-order valence-electron chi connectivity index (χ2n) is 5.51. The van der Waals surface area contributed by atoms with Crippen molar-refractivity contribution in [2.45, 2.75) is 13.0 Å². The lowest BCUT2D eigenvalue weighted by molar-refractivity contribution is -0.605. The molecule has 3 rings (SSSR count). The molecule has 25 heavy (non-hydrogen) atoms. The Balaban J connectivity index is 1.70. The quantitative estimate of drug-likeness (QED) is 0.451. The van der Waals surface area contributed by atoms with E-state index in [1.165, 1.54) is 31.5 Å². The van der Waals surface area contributed by atoms with Crippen LogP contribution in [0.3, 0.4) is 0 Å². The van der Waals surface area contributed by atoms with Gasteiger partial charge in [0, 0.05) is 23.2 Å². The molecule has 6 nitrogen and oxygen atoms in total. The molecule has 0 fully saturated rings. The number of fused-ring (bicyclic) bond motifs is 1. The molecule has 0 aliphatic carbocycles. The minimum Gasteiger partial charge on any atom is -0.619 e. The summed E-state index contributed by atoms with van der Waals surface area (Å²) in [6.45, 7) is 1.50. The summed E-state index contributed by atoms with van der Waals surface area (Å²) in [7, 11) is 0. The van der Waals surface area contributed by atoms with Gasteiger partial charge in [-0.05, 0) is 18.4 Å². The number of amides is 1. The van der Waals surface area contributed by atoms with Gasteiger partial charge in [-0.25, -0.2) is 4.79 Å². The average molecular weight is 336 g/mol. The molecule has 1 atom stereocenters. The molecule has 0 unspecified atom stereocenters. The van der Waals surface area contributed by atoms with Crippen LogP contribution in [-0.2, 0) is 9.53 Å². The summed E-state index contributed by atoms with van der Waals surface area (Å²) in [5.74, 6) is -1.10. The van der Waals surface area contributed by atoms with Crippen molar-refractivity contribution in [2.75, 3.05) is 5.32 Å². The van der Waals surface area contributed by atoms with Crippen LogP contribution < -0.4 is 10.0 Å². The number of hydrogen-bond donors (Lipinski definition) is 1. The topological polar surface area (TPSA) is 82.3 Å². The van der Waals surface area contributed by atoms with Crippen LogP contribution in [0.5, 0.6) is 0 Å². The summed E-state index contributed by atoms with van der Waals surface area (Å²) in [6, 6.07) is 15.9. The smallest absolute Gasteiger partial charge is 0.339 e. The van der Waals surface area contributed by atoms with Crippen LogP contribution >= 0.6 is 0 Å². The van der Waals surface area contributed by atoms with Gasteiger partial charge < -0.3 is 15.3 Å². The highest BCUT2D eigenvalue weighted by Gasteiger charge is 2.20. The van der Waals surface area contributed by atoms with E-state index in [0.717, 1.165) is 10.8 Å². The summed E-state index contributed by atoms with van der Waals surface area (Å²) in [4.78, 5) is 24.4. The Morgan fingerprint density at radius 1 is 1.04 bits per heavy atom. The van der Waals surface area contributed by atoms with Gasteiger partial charge in [-0.1, -0.05) is 36.4 Å². The number of benzene rings is 2. The predicted molar refractivity (Wildman–Crippen MR) is 92.9 cm³/mol. The Morgan fingerprint density at radius 3 is 2.48 bits per heavy atom. The van der Waals surface area contributed by atoms with Crippen molar-refractivity contribution in [3.8, 4) is 0 Å². The molecule has 2 aromatic carbocycles. The number of nitrogens with zero attached hydrogens (tertiary/aromatic N) is 1. The van der Waals surface area contributed by atoms with Gasteiger partial charge >= 0.3 is 5.97 Å². The molecule has 1 amide bonds. The fraction of sp³-hybridized carbons (Fsp3) is 0.105. The number of aromatic nitrogens is 1. The minimum atomic E-state index is -0.981. The van der Waals surface area contributed by atoms with Crippen molar-refractivity contribution in [3.63, 3.8) is 0 Å². The van der Waals surface area contributed by atoms with Gasteiger partial charge in [0.2, 0.25) is 0 Å². The first-order valence-electron chi connectivity index (χ1n) is 7.73. The first-order valence-corrected chi connectivity index (χ1v) is 7.73. The minimum absolute atomic E-state index is 0.205. The molecule has 0 saturated heterocycles. The standard InChI is InChI=1S/C19H16N2O4/c1-13(25-19(23)15-9-11-21(24)12-10-15)18(22)20-17-8-4-6-14-5-2-3-7-16(14)17/h2-13H,1H3,(H,20,22)/t13-/m1/s1. The molecule has 0 radical (unpaired) electrons. The molecule has 0 spiro atoms. The van der Waals surface area contributed by atoms with E-state index in [0.29, 0.717) is 10.4 Å². The molecular weight excluding hydrogens is 320 g/mol. The maximum Gasteiger partial charge on any atom is 0.339 e. The highest BCUT2D eigenvalue weighted by atomic mass is 16.5. The van der Waals surface area contributed by atoms with Gasteiger partial charge in [-0.15, -0.1) is 0 Å². The molecule has 0 aliphatic rings.